The predicted octanol–water partition coefficient (Wildman–Crippen LogP) is 3.23. The van der Waals surface area contributed by atoms with Gasteiger partial charge in [0.05, 0.1) is 25.5 Å². The van der Waals surface area contributed by atoms with E-state index in [9.17, 15) is 9.59 Å². The van der Waals surface area contributed by atoms with E-state index in [4.69, 9.17) is 9.47 Å². The van der Waals surface area contributed by atoms with E-state index in [-0.39, 0.29) is 23.9 Å². The molecule has 0 spiro atoms. The number of benzene rings is 1. The van der Waals surface area contributed by atoms with Crippen molar-refractivity contribution in [2.24, 2.45) is 0 Å². The minimum Gasteiger partial charge on any atom is -0.493 e. The summed E-state index contributed by atoms with van der Waals surface area (Å²) in [5, 5.41) is 2.70. The maximum atomic E-state index is 13.2. The van der Waals surface area contributed by atoms with Gasteiger partial charge in [0, 0.05) is 18.2 Å². The molecule has 1 aliphatic heterocycles. The van der Waals surface area contributed by atoms with Gasteiger partial charge < -0.3 is 19.7 Å². The van der Waals surface area contributed by atoms with Crippen molar-refractivity contribution < 1.29 is 19.1 Å². The monoisotopic (exact) mass is 346 g/mol. The first-order chi connectivity index (χ1) is 11.9. The van der Waals surface area contributed by atoms with Crippen LogP contribution >= 0.6 is 0 Å². The van der Waals surface area contributed by atoms with Crippen LogP contribution < -0.4 is 14.8 Å². The number of nitrogens with one attached hydrogen (secondary N) is 1. The maximum absolute atomic E-state index is 13.2. The van der Waals surface area contributed by atoms with Crippen molar-refractivity contribution in [3.63, 3.8) is 0 Å². The van der Waals surface area contributed by atoms with Crippen molar-refractivity contribution >= 4 is 17.5 Å². The largest absolute Gasteiger partial charge is 0.493 e. The van der Waals surface area contributed by atoms with Gasteiger partial charge in [-0.3, -0.25) is 9.59 Å². The van der Waals surface area contributed by atoms with Gasteiger partial charge in [-0.25, -0.2) is 0 Å². The summed E-state index contributed by atoms with van der Waals surface area (Å²) < 4.78 is 10.6. The molecule has 6 heteroatoms. The highest BCUT2D eigenvalue weighted by Crippen LogP contribution is 2.35. The van der Waals surface area contributed by atoms with Crippen molar-refractivity contribution in [3.8, 4) is 11.5 Å². The molecular formula is C19H26N2O4. The van der Waals surface area contributed by atoms with Crippen LogP contribution in [0, 0.1) is 0 Å². The van der Waals surface area contributed by atoms with Crippen LogP contribution in [0.3, 0.4) is 0 Å². The average Bonchev–Trinajstić information content (AvgIpc) is 2.60. The lowest BCUT2D eigenvalue weighted by molar-refractivity contribution is -0.111. The van der Waals surface area contributed by atoms with Gasteiger partial charge in [0.15, 0.2) is 11.5 Å². The summed E-state index contributed by atoms with van der Waals surface area (Å²) >= 11 is 0. The van der Waals surface area contributed by atoms with Crippen LogP contribution in [-0.2, 0) is 4.79 Å². The molecule has 25 heavy (non-hydrogen) atoms. The zero-order valence-corrected chi connectivity index (χ0v) is 15.3. The van der Waals surface area contributed by atoms with Gasteiger partial charge in [-0.1, -0.05) is 6.58 Å². The quantitative estimate of drug-likeness (QED) is 0.831. The molecule has 2 amide bonds. The Labute approximate surface area is 148 Å². The molecule has 6 nitrogen and oxygen atoms in total. The van der Waals surface area contributed by atoms with E-state index in [1.54, 1.807) is 12.1 Å². The van der Waals surface area contributed by atoms with Crippen LogP contribution in [0.25, 0.3) is 0 Å². The molecule has 0 saturated carbocycles. The Morgan fingerprint density at radius 3 is 2.24 bits per heavy atom. The summed E-state index contributed by atoms with van der Waals surface area (Å²) in [5.74, 6) is 0.374. The van der Waals surface area contributed by atoms with E-state index in [2.05, 4.69) is 25.7 Å². The smallest absolute Gasteiger partial charge is 0.256 e. The summed E-state index contributed by atoms with van der Waals surface area (Å²) in [5.41, 5.74) is 0.769. The number of methoxy groups -OCH3 is 2. The number of carbonyl (C=O) groups is 2. The fraction of sp³-hybridized carbons (Fsp3) is 0.474. The zero-order valence-electron chi connectivity index (χ0n) is 15.3. The SMILES string of the molecule is C=CC(=O)Nc1cc(OC)c(OC)cc1C(=O)N1C(C)CCCC1C. The third kappa shape index (κ3) is 3.95. The first-order valence-corrected chi connectivity index (χ1v) is 8.45. The van der Waals surface area contributed by atoms with Crippen molar-refractivity contribution in [2.45, 2.75) is 45.2 Å². The maximum Gasteiger partial charge on any atom is 0.256 e. The standard InChI is InChI=1S/C19H26N2O4/c1-6-18(22)20-15-11-17(25-5)16(24-4)10-14(15)19(23)21-12(2)8-7-9-13(21)3/h6,10-13H,1,7-9H2,2-5H3,(H,20,22). The molecule has 0 bridgehead atoms. The number of rotatable bonds is 5. The van der Waals surface area contributed by atoms with Gasteiger partial charge in [-0.2, -0.15) is 0 Å². The van der Waals surface area contributed by atoms with Crippen molar-refractivity contribution in [1.29, 1.82) is 0 Å². The molecule has 2 atom stereocenters. The van der Waals surface area contributed by atoms with E-state index in [1.165, 1.54) is 14.2 Å². The summed E-state index contributed by atoms with van der Waals surface area (Å²) in [6, 6.07) is 3.51. The van der Waals surface area contributed by atoms with E-state index in [0.29, 0.717) is 22.7 Å². The number of ether oxygens (including phenoxy) is 2. The Hall–Kier alpha value is -2.50. The third-order valence-electron chi connectivity index (χ3n) is 4.63. The van der Waals surface area contributed by atoms with Crippen LogP contribution in [0.4, 0.5) is 5.69 Å². The number of carbonyl (C=O) groups excluding carboxylic acids is 2. The summed E-state index contributed by atoms with van der Waals surface area (Å²) in [7, 11) is 3.02. The third-order valence-corrected chi connectivity index (χ3v) is 4.63. The van der Waals surface area contributed by atoms with Crippen LogP contribution in [-0.4, -0.2) is 43.0 Å². The molecule has 1 fully saturated rings. The molecule has 1 saturated heterocycles. The number of hydrogen-bond acceptors (Lipinski definition) is 4. The van der Waals surface area contributed by atoms with Gasteiger partial charge >= 0.3 is 0 Å². The Morgan fingerprint density at radius 2 is 1.72 bits per heavy atom. The van der Waals surface area contributed by atoms with E-state index >= 15 is 0 Å². The van der Waals surface area contributed by atoms with Gasteiger partial charge in [0.2, 0.25) is 5.91 Å². The summed E-state index contributed by atoms with van der Waals surface area (Å²) in [4.78, 5) is 26.9. The Bertz CT molecular complexity index is 662. The number of nitrogens with zero attached hydrogens (tertiary/aromatic N) is 1. The highest BCUT2D eigenvalue weighted by molar-refractivity contribution is 6.07. The van der Waals surface area contributed by atoms with Gasteiger partial charge in [0.25, 0.3) is 5.91 Å². The Morgan fingerprint density at radius 1 is 1.16 bits per heavy atom. The van der Waals surface area contributed by atoms with Crippen LogP contribution in [0.5, 0.6) is 11.5 Å². The van der Waals surface area contributed by atoms with Crippen molar-refractivity contribution in [2.75, 3.05) is 19.5 Å². The van der Waals surface area contributed by atoms with Crippen LogP contribution in [0.1, 0.15) is 43.5 Å². The van der Waals surface area contributed by atoms with E-state index in [1.807, 2.05) is 4.90 Å². The highest BCUT2D eigenvalue weighted by Gasteiger charge is 2.31. The summed E-state index contributed by atoms with van der Waals surface area (Å²) in [6.07, 6.45) is 4.21. The first kappa shape index (κ1) is 18.8. The lowest BCUT2D eigenvalue weighted by Gasteiger charge is -2.39. The molecule has 2 unspecified atom stereocenters. The minimum absolute atomic E-state index is 0.125. The molecule has 0 aromatic heterocycles. The normalized spacial score (nSPS) is 19.9. The second kappa shape index (κ2) is 8.05. The van der Waals surface area contributed by atoms with Gasteiger partial charge in [-0.15, -0.1) is 0 Å². The molecule has 1 N–H and O–H groups in total. The predicted molar refractivity (Wildman–Crippen MR) is 97.3 cm³/mol. The van der Waals surface area contributed by atoms with Crippen LogP contribution in [0.15, 0.2) is 24.8 Å². The molecular weight excluding hydrogens is 320 g/mol. The second-order valence-corrected chi connectivity index (χ2v) is 6.29. The Balaban J connectivity index is 2.50. The Kier molecular flexibility index (Phi) is 6.07. The topological polar surface area (TPSA) is 67.9 Å². The molecule has 136 valence electrons. The molecule has 2 rings (SSSR count). The average molecular weight is 346 g/mol. The number of piperidine rings is 1. The van der Waals surface area contributed by atoms with E-state index < -0.39 is 0 Å². The fourth-order valence-corrected chi connectivity index (χ4v) is 3.30. The molecule has 1 heterocycles. The molecule has 1 aromatic carbocycles. The van der Waals surface area contributed by atoms with Crippen LogP contribution in [0.2, 0.25) is 0 Å². The second-order valence-electron chi connectivity index (χ2n) is 6.29. The molecule has 0 aliphatic carbocycles. The lowest BCUT2D eigenvalue weighted by atomic mass is 9.96. The number of likely N-dealkylation sites (tertiary alicyclic amines) is 1. The summed E-state index contributed by atoms with van der Waals surface area (Å²) in [6.45, 7) is 7.56. The molecule has 1 aliphatic rings. The zero-order chi connectivity index (χ0) is 18.6. The molecule has 1 aromatic rings. The van der Waals surface area contributed by atoms with Gasteiger partial charge in [0.1, 0.15) is 0 Å². The number of hydrogen-bond donors (Lipinski definition) is 1. The van der Waals surface area contributed by atoms with Gasteiger partial charge in [-0.05, 0) is 45.3 Å². The lowest BCUT2D eigenvalue weighted by Crippen LogP contribution is -2.47. The van der Waals surface area contributed by atoms with E-state index in [0.717, 1.165) is 25.3 Å². The number of anilines is 1. The first-order valence-electron chi connectivity index (χ1n) is 8.45. The van der Waals surface area contributed by atoms with Crippen molar-refractivity contribution in [1.82, 2.24) is 4.90 Å². The minimum atomic E-state index is -0.388. The fourth-order valence-electron chi connectivity index (χ4n) is 3.30. The molecule has 0 radical (unpaired) electrons. The van der Waals surface area contributed by atoms with Crippen molar-refractivity contribution in [3.05, 3.63) is 30.4 Å². The highest BCUT2D eigenvalue weighted by atomic mass is 16.5. The number of amides is 2.